The van der Waals surface area contributed by atoms with Crippen molar-refractivity contribution in [1.29, 1.82) is 0 Å². The Labute approximate surface area is 136 Å². The lowest BCUT2D eigenvalue weighted by Gasteiger charge is -2.36. The van der Waals surface area contributed by atoms with Gasteiger partial charge in [0.2, 0.25) is 0 Å². The average molecular weight is 311 g/mol. The van der Waals surface area contributed by atoms with Gasteiger partial charge in [-0.3, -0.25) is 9.78 Å². The number of carbonyl (C=O) groups is 1. The second kappa shape index (κ2) is 6.38. The minimum atomic E-state index is -0.308. The van der Waals surface area contributed by atoms with Crippen molar-refractivity contribution in [2.45, 2.75) is 12.5 Å². The highest BCUT2D eigenvalue weighted by Gasteiger charge is 2.31. The van der Waals surface area contributed by atoms with E-state index in [0.29, 0.717) is 12.2 Å². The third-order valence-corrected chi connectivity index (χ3v) is 4.33. The van der Waals surface area contributed by atoms with Gasteiger partial charge < -0.3 is 14.9 Å². The minimum absolute atomic E-state index is 0.0872. The molecule has 0 spiro atoms. The van der Waals surface area contributed by atoms with E-state index in [1.165, 1.54) is 5.56 Å². The molecule has 1 atom stereocenters. The standard InChI is InChI=1S/C18H21N3O2/c1-20(2)14-7-9-19-16(11-14)18(23)21-10-8-13-5-3-4-6-15(13)17(21)12-22/h3-7,9,11,17,22H,8,10,12H2,1-2H3/t17-/m0/s1. The number of nitrogens with zero attached hydrogens (tertiary/aromatic N) is 3. The van der Waals surface area contributed by atoms with Crippen molar-refractivity contribution in [2.24, 2.45) is 0 Å². The van der Waals surface area contributed by atoms with Crippen LogP contribution < -0.4 is 4.90 Å². The molecule has 0 bridgehead atoms. The molecule has 0 radical (unpaired) electrons. The molecule has 1 aliphatic heterocycles. The van der Waals surface area contributed by atoms with Crippen LogP contribution in [0, 0.1) is 0 Å². The van der Waals surface area contributed by atoms with E-state index in [-0.39, 0.29) is 18.6 Å². The fourth-order valence-corrected chi connectivity index (χ4v) is 3.05. The summed E-state index contributed by atoms with van der Waals surface area (Å²) in [4.78, 5) is 20.8. The van der Waals surface area contributed by atoms with Crippen molar-refractivity contribution in [3.05, 3.63) is 59.4 Å². The zero-order chi connectivity index (χ0) is 16.4. The zero-order valence-corrected chi connectivity index (χ0v) is 13.4. The van der Waals surface area contributed by atoms with Crippen LogP contribution in [0.3, 0.4) is 0 Å². The molecule has 0 saturated carbocycles. The molecule has 0 fully saturated rings. The van der Waals surface area contributed by atoms with Gasteiger partial charge in [0, 0.05) is 32.5 Å². The van der Waals surface area contributed by atoms with E-state index in [4.69, 9.17) is 0 Å². The van der Waals surface area contributed by atoms with Gasteiger partial charge in [0.05, 0.1) is 12.6 Å². The van der Waals surface area contributed by atoms with Crippen LogP contribution in [-0.2, 0) is 6.42 Å². The van der Waals surface area contributed by atoms with Crippen LogP contribution in [0.15, 0.2) is 42.6 Å². The monoisotopic (exact) mass is 311 g/mol. The number of hydrogen-bond donors (Lipinski definition) is 1. The van der Waals surface area contributed by atoms with E-state index in [0.717, 1.165) is 17.7 Å². The van der Waals surface area contributed by atoms with E-state index in [1.54, 1.807) is 17.2 Å². The summed E-state index contributed by atoms with van der Waals surface area (Å²) in [7, 11) is 3.86. The topological polar surface area (TPSA) is 56.7 Å². The number of benzene rings is 1. The Morgan fingerprint density at radius 3 is 2.87 bits per heavy atom. The zero-order valence-electron chi connectivity index (χ0n) is 13.4. The Hall–Kier alpha value is -2.40. The molecule has 1 aromatic carbocycles. The summed E-state index contributed by atoms with van der Waals surface area (Å²) in [6.07, 6.45) is 2.44. The van der Waals surface area contributed by atoms with Gasteiger partial charge in [-0.15, -0.1) is 0 Å². The van der Waals surface area contributed by atoms with E-state index >= 15 is 0 Å². The van der Waals surface area contributed by atoms with Gasteiger partial charge in [-0.05, 0) is 29.7 Å². The Morgan fingerprint density at radius 1 is 1.35 bits per heavy atom. The summed E-state index contributed by atoms with van der Waals surface area (Å²) < 4.78 is 0. The summed E-state index contributed by atoms with van der Waals surface area (Å²) in [6.45, 7) is 0.505. The highest BCUT2D eigenvalue weighted by molar-refractivity contribution is 5.93. The highest BCUT2D eigenvalue weighted by atomic mass is 16.3. The number of aliphatic hydroxyl groups excluding tert-OH is 1. The molecule has 0 unspecified atom stereocenters. The number of hydrogen-bond acceptors (Lipinski definition) is 4. The maximum atomic E-state index is 12.9. The molecule has 0 saturated heterocycles. The van der Waals surface area contributed by atoms with Gasteiger partial charge >= 0.3 is 0 Å². The first-order valence-electron chi connectivity index (χ1n) is 7.75. The third kappa shape index (κ3) is 2.92. The maximum Gasteiger partial charge on any atom is 0.273 e. The normalized spacial score (nSPS) is 16.8. The lowest BCUT2D eigenvalue weighted by molar-refractivity contribution is 0.0563. The lowest BCUT2D eigenvalue weighted by atomic mass is 9.92. The van der Waals surface area contributed by atoms with Crippen LogP contribution in [0.4, 0.5) is 5.69 Å². The lowest BCUT2D eigenvalue weighted by Crippen LogP contribution is -2.42. The molecule has 1 amide bonds. The first-order chi connectivity index (χ1) is 11.1. The summed E-state index contributed by atoms with van der Waals surface area (Å²) in [5.41, 5.74) is 3.57. The first kappa shape index (κ1) is 15.5. The van der Waals surface area contributed by atoms with Gasteiger partial charge in [0.1, 0.15) is 5.69 Å². The first-order valence-corrected chi connectivity index (χ1v) is 7.75. The maximum absolute atomic E-state index is 12.9. The van der Waals surface area contributed by atoms with E-state index in [2.05, 4.69) is 11.1 Å². The molecule has 3 rings (SSSR count). The van der Waals surface area contributed by atoms with Gasteiger partial charge in [-0.25, -0.2) is 0 Å². The minimum Gasteiger partial charge on any atom is -0.394 e. The summed E-state index contributed by atoms with van der Waals surface area (Å²) >= 11 is 0. The molecule has 2 heterocycles. The number of aromatic nitrogens is 1. The van der Waals surface area contributed by atoms with Crippen LogP contribution in [0.25, 0.3) is 0 Å². The van der Waals surface area contributed by atoms with E-state index in [1.807, 2.05) is 43.3 Å². The largest absolute Gasteiger partial charge is 0.394 e. The quantitative estimate of drug-likeness (QED) is 0.940. The van der Waals surface area contributed by atoms with E-state index in [9.17, 15) is 9.90 Å². The van der Waals surface area contributed by atoms with Crippen LogP contribution >= 0.6 is 0 Å². The number of pyridine rings is 1. The molecule has 2 aromatic rings. The number of anilines is 1. The van der Waals surface area contributed by atoms with Gasteiger partial charge in [0.25, 0.3) is 5.91 Å². The number of rotatable bonds is 3. The Morgan fingerprint density at radius 2 is 2.13 bits per heavy atom. The Balaban J connectivity index is 1.92. The number of aliphatic hydroxyl groups is 1. The van der Waals surface area contributed by atoms with Crippen molar-refractivity contribution in [3.63, 3.8) is 0 Å². The number of carbonyl (C=O) groups excluding carboxylic acids is 1. The van der Waals surface area contributed by atoms with Crippen molar-refractivity contribution < 1.29 is 9.90 Å². The fourth-order valence-electron chi connectivity index (χ4n) is 3.05. The molecule has 120 valence electrons. The smallest absolute Gasteiger partial charge is 0.273 e. The Kier molecular flexibility index (Phi) is 4.30. The fraction of sp³-hybridized carbons (Fsp3) is 0.333. The van der Waals surface area contributed by atoms with E-state index < -0.39 is 0 Å². The van der Waals surface area contributed by atoms with Gasteiger partial charge in [0.15, 0.2) is 0 Å². The van der Waals surface area contributed by atoms with Gasteiger partial charge in [-0.1, -0.05) is 24.3 Å². The summed E-state index contributed by atoms with van der Waals surface area (Å²) in [6, 6.07) is 11.3. The molecule has 5 nitrogen and oxygen atoms in total. The molecule has 23 heavy (non-hydrogen) atoms. The predicted molar refractivity (Wildman–Crippen MR) is 89.6 cm³/mol. The van der Waals surface area contributed by atoms with Crippen molar-refractivity contribution in [2.75, 3.05) is 32.1 Å². The molecule has 1 N–H and O–H groups in total. The van der Waals surface area contributed by atoms with Crippen molar-refractivity contribution in [3.8, 4) is 0 Å². The number of amides is 1. The van der Waals surface area contributed by atoms with Gasteiger partial charge in [-0.2, -0.15) is 0 Å². The second-order valence-corrected chi connectivity index (χ2v) is 5.94. The molecular weight excluding hydrogens is 290 g/mol. The summed E-state index contributed by atoms with van der Waals surface area (Å²) in [5, 5.41) is 9.82. The molecule has 1 aliphatic rings. The van der Waals surface area contributed by atoms with Crippen molar-refractivity contribution >= 4 is 11.6 Å². The van der Waals surface area contributed by atoms with Crippen molar-refractivity contribution in [1.82, 2.24) is 9.88 Å². The molecule has 0 aliphatic carbocycles. The third-order valence-electron chi connectivity index (χ3n) is 4.33. The second-order valence-electron chi connectivity index (χ2n) is 5.94. The summed E-state index contributed by atoms with van der Waals surface area (Å²) in [5.74, 6) is -0.137. The highest BCUT2D eigenvalue weighted by Crippen LogP contribution is 2.30. The molecule has 1 aromatic heterocycles. The molecule has 5 heteroatoms. The SMILES string of the molecule is CN(C)c1ccnc(C(=O)N2CCc3ccccc3[C@@H]2CO)c1. The number of fused-ring (bicyclic) bond motifs is 1. The van der Waals surface area contributed by atoms with Crippen LogP contribution in [0.5, 0.6) is 0 Å². The average Bonchev–Trinajstić information content (AvgIpc) is 2.60. The van der Waals surface area contributed by atoms with Crippen LogP contribution in [0.1, 0.15) is 27.7 Å². The predicted octanol–water partition coefficient (Wildman–Crippen LogP) is 1.88. The Bertz CT molecular complexity index is 715. The molecular formula is C18H21N3O2. The van der Waals surface area contributed by atoms with Crippen LogP contribution in [-0.4, -0.2) is 48.1 Å². The van der Waals surface area contributed by atoms with Crippen LogP contribution in [0.2, 0.25) is 0 Å².